The fraction of sp³-hybridized carbons (Fsp3) is 0.464. The van der Waals surface area contributed by atoms with Gasteiger partial charge in [-0.15, -0.1) is 0 Å². The molecule has 0 N–H and O–H groups in total. The van der Waals surface area contributed by atoms with Gasteiger partial charge in [0.15, 0.2) is 0 Å². The summed E-state index contributed by atoms with van der Waals surface area (Å²) in [4.78, 5) is 0. The molecule has 2 aliphatic carbocycles. The number of benzene rings is 2. The predicted molar refractivity (Wildman–Crippen MR) is 122 cm³/mol. The molecule has 1 fully saturated rings. The zero-order chi connectivity index (χ0) is 21.8. The van der Waals surface area contributed by atoms with Crippen molar-refractivity contribution in [1.82, 2.24) is 0 Å². The van der Waals surface area contributed by atoms with E-state index >= 15 is 4.39 Å². The third kappa shape index (κ3) is 4.74. The molecule has 31 heavy (non-hydrogen) atoms. The lowest BCUT2D eigenvalue weighted by Gasteiger charge is -2.29. The Morgan fingerprint density at radius 1 is 1.03 bits per heavy atom. The molecule has 162 valence electrons. The van der Waals surface area contributed by atoms with Gasteiger partial charge in [0.05, 0.1) is 5.56 Å². The monoisotopic (exact) mass is 419 g/mol. The zero-order valence-corrected chi connectivity index (χ0v) is 18.4. The van der Waals surface area contributed by atoms with Crippen molar-refractivity contribution in [1.29, 1.82) is 5.26 Å². The van der Waals surface area contributed by atoms with E-state index in [0.717, 1.165) is 35.5 Å². The minimum Gasteiger partial charge on any atom is -0.206 e. The van der Waals surface area contributed by atoms with Gasteiger partial charge in [0.2, 0.25) is 0 Å². The molecule has 2 aromatic carbocycles. The van der Waals surface area contributed by atoms with E-state index in [2.05, 4.69) is 13.0 Å². The summed E-state index contributed by atoms with van der Waals surface area (Å²) in [5.74, 6) is 0.703. The molecule has 0 saturated heterocycles. The Morgan fingerprint density at radius 2 is 1.84 bits per heavy atom. The number of fused-ring (bicyclic) bond motifs is 1. The van der Waals surface area contributed by atoms with Gasteiger partial charge in [0.25, 0.3) is 0 Å². The second kappa shape index (κ2) is 9.77. The molecular formula is C28H31F2N. The van der Waals surface area contributed by atoms with Crippen molar-refractivity contribution in [2.75, 3.05) is 0 Å². The van der Waals surface area contributed by atoms with E-state index in [0.29, 0.717) is 29.9 Å². The van der Waals surface area contributed by atoms with E-state index in [-0.39, 0.29) is 11.4 Å². The molecule has 0 aromatic heterocycles. The van der Waals surface area contributed by atoms with Crippen LogP contribution in [0.15, 0.2) is 36.4 Å². The van der Waals surface area contributed by atoms with Crippen molar-refractivity contribution in [3.05, 3.63) is 75.9 Å². The van der Waals surface area contributed by atoms with Crippen LogP contribution in [0.25, 0.3) is 5.57 Å². The fourth-order valence-corrected chi connectivity index (χ4v) is 5.35. The molecule has 0 unspecified atom stereocenters. The lowest BCUT2D eigenvalue weighted by molar-refractivity contribution is 0.302. The van der Waals surface area contributed by atoms with Crippen molar-refractivity contribution >= 4 is 5.57 Å². The number of nitriles is 1. The summed E-state index contributed by atoms with van der Waals surface area (Å²) in [6.07, 6.45) is 12.9. The summed E-state index contributed by atoms with van der Waals surface area (Å²) >= 11 is 0. The molecule has 0 heterocycles. The first-order chi connectivity index (χ1) is 15.1. The first kappa shape index (κ1) is 21.8. The molecule has 0 amide bonds. The predicted octanol–water partition coefficient (Wildman–Crippen LogP) is 7.87. The Balaban J connectivity index is 1.43. The van der Waals surface area contributed by atoms with Crippen molar-refractivity contribution < 1.29 is 8.78 Å². The van der Waals surface area contributed by atoms with Crippen molar-refractivity contribution in [3.8, 4) is 6.07 Å². The van der Waals surface area contributed by atoms with Crippen LogP contribution in [0.1, 0.15) is 92.0 Å². The van der Waals surface area contributed by atoms with Crippen LogP contribution in [0.5, 0.6) is 0 Å². The minimum absolute atomic E-state index is 0.0752. The van der Waals surface area contributed by atoms with E-state index in [4.69, 9.17) is 5.26 Å². The maximum atomic E-state index is 15.1. The van der Waals surface area contributed by atoms with E-state index < -0.39 is 5.82 Å². The summed E-state index contributed by atoms with van der Waals surface area (Å²) in [6.45, 7) is 2.25. The Labute approximate surface area is 184 Å². The molecule has 0 atom stereocenters. The van der Waals surface area contributed by atoms with Gasteiger partial charge in [0.1, 0.15) is 17.7 Å². The number of hydrogen-bond acceptors (Lipinski definition) is 1. The normalized spacial score (nSPS) is 20.6. The third-order valence-corrected chi connectivity index (χ3v) is 7.27. The molecule has 0 spiro atoms. The molecule has 1 saturated carbocycles. The van der Waals surface area contributed by atoms with Crippen molar-refractivity contribution in [2.24, 2.45) is 5.92 Å². The van der Waals surface area contributed by atoms with E-state index in [1.165, 1.54) is 44.6 Å². The molecule has 0 bridgehead atoms. The summed E-state index contributed by atoms with van der Waals surface area (Å²) in [5, 5.41) is 9.03. The van der Waals surface area contributed by atoms with Crippen LogP contribution >= 0.6 is 0 Å². The SMILES string of the molecule is CCCCCC1CCC(c2ccc(C3=CCc4c(ccc(C#N)c4F)C3)c(F)c2)CC1. The number of rotatable bonds is 6. The molecule has 2 aliphatic rings. The van der Waals surface area contributed by atoms with Crippen LogP contribution in [-0.2, 0) is 12.8 Å². The first-order valence-electron chi connectivity index (χ1n) is 11.8. The van der Waals surface area contributed by atoms with Gasteiger partial charge in [-0.1, -0.05) is 56.9 Å². The van der Waals surface area contributed by atoms with Gasteiger partial charge in [-0.2, -0.15) is 5.26 Å². The van der Waals surface area contributed by atoms with E-state index in [1.807, 2.05) is 18.2 Å². The van der Waals surface area contributed by atoms with Gasteiger partial charge in [-0.05, 0) is 84.8 Å². The maximum absolute atomic E-state index is 15.1. The molecule has 3 heteroatoms. The van der Waals surface area contributed by atoms with E-state index in [1.54, 1.807) is 12.1 Å². The largest absolute Gasteiger partial charge is 0.206 e. The molecule has 4 rings (SSSR count). The summed E-state index contributed by atoms with van der Waals surface area (Å²) < 4.78 is 29.5. The second-order valence-corrected chi connectivity index (χ2v) is 9.24. The maximum Gasteiger partial charge on any atom is 0.144 e. The Morgan fingerprint density at radius 3 is 2.55 bits per heavy atom. The lowest BCUT2D eigenvalue weighted by atomic mass is 9.76. The Bertz CT molecular complexity index is 1010. The summed E-state index contributed by atoms with van der Waals surface area (Å²) in [6, 6.07) is 11.0. The highest BCUT2D eigenvalue weighted by molar-refractivity contribution is 5.71. The molecule has 2 aromatic rings. The van der Waals surface area contributed by atoms with Gasteiger partial charge >= 0.3 is 0 Å². The van der Waals surface area contributed by atoms with Crippen LogP contribution in [-0.4, -0.2) is 0 Å². The lowest BCUT2D eigenvalue weighted by Crippen LogP contribution is -2.14. The van der Waals surface area contributed by atoms with Gasteiger partial charge in [-0.25, -0.2) is 8.78 Å². The van der Waals surface area contributed by atoms with Gasteiger partial charge in [0, 0.05) is 5.56 Å². The Hall–Kier alpha value is -2.47. The average molecular weight is 420 g/mol. The van der Waals surface area contributed by atoms with Crippen molar-refractivity contribution in [2.45, 2.75) is 77.0 Å². The topological polar surface area (TPSA) is 23.8 Å². The summed E-state index contributed by atoms with van der Waals surface area (Å²) in [7, 11) is 0. The van der Waals surface area contributed by atoms with Gasteiger partial charge < -0.3 is 0 Å². The van der Waals surface area contributed by atoms with Crippen LogP contribution in [0, 0.1) is 28.9 Å². The van der Waals surface area contributed by atoms with Crippen molar-refractivity contribution in [3.63, 3.8) is 0 Å². The molecule has 0 radical (unpaired) electrons. The van der Waals surface area contributed by atoms with Gasteiger partial charge in [-0.3, -0.25) is 0 Å². The molecular weight excluding hydrogens is 388 g/mol. The fourth-order valence-electron chi connectivity index (χ4n) is 5.35. The highest BCUT2D eigenvalue weighted by Crippen LogP contribution is 2.39. The Kier molecular flexibility index (Phi) is 6.86. The number of halogens is 2. The zero-order valence-electron chi connectivity index (χ0n) is 18.4. The van der Waals surface area contributed by atoms with Crippen LogP contribution in [0.3, 0.4) is 0 Å². The first-order valence-corrected chi connectivity index (χ1v) is 11.8. The quantitative estimate of drug-likeness (QED) is 0.437. The number of allylic oxidation sites excluding steroid dienone is 2. The number of hydrogen-bond donors (Lipinski definition) is 0. The summed E-state index contributed by atoms with van der Waals surface area (Å²) in [5.41, 5.74) is 4.13. The average Bonchev–Trinajstić information content (AvgIpc) is 2.80. The third-order valence-electron chi connectivity index (χ3n) is 7.27. The van der Waals surface area contributed by atoms with Crippen LogP contribution in [0.2, 0.25) is 0 Å². The second-order valence-electron chi connectivity index (χ2n) is 9.24. The number of unbranched alkanes of at least 4 members (excludes halogenated alkanes) is 2. The highest BCUT2D eigenvalue weighted by Gasteiger charge is 2.24. The standard InChI is InChI=1S/C28H31F2N/c1-2-3-4-5-19-6-8-20(9-7-19)21-12-14-25(27(29)17-21)22-13-15-26-23(16-22)10-11-24(18-31)28(26)30/h10-14,17,19-20H,2-9,15-16H2,1H3. The highest BCUT2D eigenvalue weighted by atomic mass is 19.1. The number of nitrogens with zero attached hydrogens (tertiary/aromatic N) is 1. The van der Waals surface area contributed by atoms with Crippen LogP contribution < -0.4 is 0 Å². The smallest absolute Gasteiger partial charge is 0.144 e. The van der Waals surface area contributed by atoms with Crippen LogP contribution in [0.4, 0.5) is 8.78 Å². The van der Waals surface area contributed by atoms with E-state index in [9.17, 15) is 4.39 Å². The molecule has 0 aliphatic heterocycles. The minimum atomic E-state index is -0.434. The molecule has 1 nitrogen and oxygen atoms in total.